The molecule has 0 aromatic heterocycles. The Labute approximate surface area is 151 Å². The lowest BCUT2D eigenvalue weighted by atomic mass is 9.47. The molecule has 4 aliphatic rings. The van der Waals surface area contributed by atoms with Crippen molar-refractivity contribution in [2.45, 2.75) is 83.1 Å². The van der Waals surface area contributed by atoms with Crippen LogP contribution in [0.1, 0.15) is 72.1 Å². The van der Waals surface area contributed by atoms with Crippen LogP contribution in [0.4, 0.5) is 0 Å². The summed E-state index contributed by atoms with van der Waals surface area (Å²) in [6.45, 7) is 6.24. The number of halogens is 1. The zero-order valence-electron chi connectivity index (χ0n) is 15.3. The first kappa shape index (κ1) is 17.1. The molecule has 3 fully saturated rings. The second-order valence-corrected chi connectivity index (χ2v) is 10.1. The molecule has 4 aliphatic carbocycles. The summed E-state index contributed by atoms with van der Waals surface area (Å²) in [7, 11) is 0. The molecule has 1 N–H and O–H groups in total. The number of carbonyl (C=O) groups is 1. The molecule has 0 saturated heterocycles. The van der Waals surface area contributed by atoms with Crippen molar-refractivity contribution in [3.63, 3.8) is 0 Å². The molecule has 0 amide bonds. The van der Waals surface area contributed by atoms with Crippen LogP contribution < -0.4 is 0 Å². The van der Waals surface area contributed by atoms with Crippen LogP contribution in [0.5, 0.6) is 0 Å². The summed E-state index contributed by atoms with van der Waals surface area (Å²) in [5, 5.41) is 11.5. The number of fused-ring (bicyclic) bond motifs is 5. The maximum Gasteiger partial charge on any atom is 0.161 e. The topological polar surface area (TPSA) is 37.3 Å². The largest absolute Gasteiger partial charge is 0.382 e. The Morgan fingerprint density at radius 1 is 1.17 bits per heavy atom. The smallest absolute Gasteiger partial charge is 0.161 e. The summed E-state index contributed by atoms with van der Waals surface area (Å²) in [6.07, 6.45) is 10.8. The molecule has 0 heterocycles. The van der Waals surface area contributed by atoms with E-state index in [1.54, 1.807) is 12.5 Å². The molecule has 3 saturated carbocycles. The predicted molar refractivity (Wildman–Crippen MR) is 97.0 cm³/mol. The molecule has 0 aromatic carbocycles. The molecule has 3 heteroatoms. The Morgan fingerprint density at radius 3 is 2.58 bits per heavy atom. The van der Waals surface area contributed by atoms with E-state index >= 15 is 0 Å². The van der Waals surface area contributed by atoms with E-state index in [4.69, 9.17) is 11.6 Å². The highest BCUT2D eigenvalue weighted by atomic mass is 35.5. The van der Waals surface area contributed by atoms with Gasteiger partial charge < -0.3 is 5.11 Å². The van der Waals surface area contributed by atoms with E-state index in [0.29, 0.717) is 35.0 Å². The van der Waals surface area contributed by atoms with Gasteiger partial charge in [-0.15, -0.1) is 11.6 Å². The van der Waals surface area contributed by atoms with Gasteiger partial charge in [-0.2, -0.15) is 0 Å². The van der Waals surface area contributed by atoms with Crippen LogP contribution in [-0.2, 0) is 4.79 Å². The fraction of sp³-hybridized carbons (Fsp3) is 0.857. The average molecular weight is 351 g/mol. The number of alkyl halides is 1. The maximum absolute atomic E-state index is 12.2. The third kappa shape index (κ3) is 2.02. The van der Waals surface area contributed by atoms with E-state index in [-0.39, 0.29) is 11.2 Å². The second kappa shape index (κ2) is 5.33. The summed E-state index contributed by atoms with van der Waals surface area (Å²) in [4.78, 5) is 12.2. The quantitative estimate of drug-likeness (QED) is 0.540. The summed E-state index contributed by atoms with van der Waals surface area (Å²) < 4.78 is 0. The van der Waals surface area contributed by atoms with Gasteiger partial charge in [-0.05, 0) is 81.5 Å². The lowest BCUT2D eigenvalue weighted by molar-refractivity contribution is -0.158. The van der Waals surface area contributed by atoms with Crippen LogP contribution in [0.2, 0.25) is 0 Å². The lowest BCUT2D eigenvalue weighted by Gasteiger charge is -2.58. The van der Waals surface area contributed by atoms with Gasteiger partial charge in [0, 0.05) is 10.8 Å². The number of ketones is 1. The lowest BCUT2D eigenvalue weighted by Crippen LogP contribution is -2.56. The number of hydrogen-bond donors (Lipinski definition) is 1. The molecule has 2 nitrogen and oxygen atoms in total. The normalized spacial score (nSPS) is 53.6. The molecule has 4 rings (SSSR count). The minimum Gasteiger partial charge on any atom is -0.382 e. The Hall–Kier alpha value is -0.340. The van der Waals surface area contributed by atoms with Crippen molar-refractivity contribution in [1.82, 2.24) is 0 Å². The van der Waals surface area contributed by atoms with Crippen LogP contribution >= 0.6 is 11.6 Å². The number of hydrogen-bond acceptors (Lipinski definition) is 2. The van der Waals surface area contributed by atoms with Crippen molar-refractivity contribution >= 4 is 17.4 Å². The molecule has 7 atom stereocenters. The monoisotopic (exact) mass is 350 g/mol. The molecule has 0 radical (unpaired) electrons. The molecule has 134 valence electrons. The van der Waals surface area contributed by atoms with Gasteiger partial charge in [-0.3, -0.25) is 4.79 Å². The van der Waals surface area contributed by atoms with Gasteiger partial charge in [-0.25, -0.2) is 0 Å². The Bertz CT molecular complexity index is 599. The third-order valence-electron chi connectivity index (χ3n) is 8.78. The minimum atomic E-state index is -1.10. The molecule has 24 heavy (non-hydrogen) atoms. The highest BCUT2D eigenvalue weighted by Gasteiger charge is 2.65. The van der Waals surface area contributed by atoms with E-state index in [1.165, 1.54) is 6.42 Å². The van der Waals surface area contributed by atoms with Gasteiger partial charge in [-0.1, -0.05) is 25.5 Å². The van der Waals surface area contributed by atoms with Gasteiger partial charge in [0.25, 0.3) is 0 Å². The molecule has 0 aromatic rings. The van der Waals surface area contributed by atoms with Crippen molar-refractivity contribution < 1.29 is 9.90 Å². The number of allylic oxidation sites excluding steroid dienone is 2. The molecule has 0 bridgehead atoms. The Morgan fingerprint density at radius 2 is 1.88 bits per heavy atom. The van der Waals surface area contributed by atoms with Gasteiger partial charge in [0.1, 0.15) is 5.60 Å². The molecule has 0 aliphatic heterocycles. The Kier molecular flexibility index (Phi) is 3.80. The van der Waals surface area contributed by atoms with Crippen LogP contribution in [0.15, 0.2) is 11.6 Å². The van der Waals surface area contributed by atoms with Crippen LogP contribution in [0.3, 0.4) is 0 Å². The van der Waals surface area contributed by atoms with E-state index in [2.05, 4.69) is 19.9 Å². The zero-order chi connectivity index (χ0) is 17.3. The highest BCUT2D eigenvalue weighted by Crippen LogP contribution is 2.67. The zero-order valence-corrected chi connectivity index (χ0v) is 16.0. The van der Waals surface area contributed by atoms with Crippen LogP contribution in [0, 0.1) is 28.6 Å². The average Bonchev–Trinajstić information content (AvgIpc) is 2.81. The first-order chi connectivity index (χ1) is 11.2. The van der Waals surface area contributed by atoms with E-state index in [9.17, 15) is 9.90 Å². The van der Waals surface area contributed by atoms with Gasteiger partial charge in [0.05, 0.1) is 0 Å². The molecular formula is C21H31ClO2. The fourth-order valence-corrected chi connectivity index (χ4v) is 7.49. The van der Waals surface area contributed by atoms with Crippen molar-refractivity contribution in [2.75, 3.05) is 0 Å². The number of carbonyl (C=O) groups excluding carboxylic acids is 1. The summed E-state index contributed by atoms with van der Waals surface area (Å²) in [5.74, 6) is 1.78. The SMILES string of the molecule is CC(=O)[C@@]1(O)CC[C@H]2[C@@H]3CC=C4C[C@H](Cl)CC[C@]4(C)[C@H]3CC[C@@]21C. The third-order valence-corrected chi connectivity index (χ3v) is 9.15. The molecule has 0 unspecified atom stereocenters. The van der Waals surface area contributed by atoms with Crippen molar-refractivity contribution in [3.8, 4) is 0 Å². The number of Topliss-reactive ketones (excluding diaryl/α,β-unsaturated/α-hetero) is 1. The van der Waals surface area contributed by atoms with E-state index in [1.807, 2.05) is 0 Å². The van der Waals surface area contributed by atoms with Gasteiger partial charge >= 0.3 is 0 Å². The van der Waals surface area contributed by atoms with E-state index < -0.39 is 5.60 Å². The first-order valence-electron chi connectivity index (χ1n) is 9.79. The summed E-state index contributed by atoms with van der Waals surface area (Å²) in [6, 6.07) is 0. The Balaban J connectivity index is 1.69. The standard InChI is InChI=1S/C21H31ClO2/c1-13(23)21(24)11-8-18-16-5-4-14-12-15(22)6-9-19(14,2)17(16)7-10-20(18,21)3/h4,15-18,24H,5-12H2,1-3H3/t15-,16-,17+,18+,19+,20+,21+/m1/s1. The van der Waals surface area contributed by atoms with Crippen molar-refractivity contribution in [2.24, 2.45) is 28.6 Å². The minimum absolute atomic E-state index is 0.0214. The maximum atomic E-state index is 12.2. The van der Waals surface area contributed by atoms with Gasteiger partial charge in [0.15, 0.2) is 5.78 Å². The second-order valence-electron chi connectivity index (χ2n) is 9.51. The van der Waals surface area contributed by atoms with Crippen LogP contribution in [-0.4, -0.2) is 21.9 Å². The fourth-order valence-electron chi connectivity index (χ4n) is 7.21. The van der Waals surface area contributed by atoms with Crippen LogP contribution in [0.25, 0.3) is 0 Å². The van der Waals surface area contributed by atoms with Crippen molar-refractivity contribution in [3.05, 3.63) is 11.6 Å². The molecule has 0 spiro atoms. The first-order valence-corrected chi connectivity index (χ1v) is 10.2. The van der Waals surface area contributed by atoms with Crippen molar-refractivity contribution in [1.29, 1.82) is 0 Å². The number of aliphatic hydroxyl groups is 1. The number of rotatable bonds is 1. The molecular weight excluding hydrogens is 320 g/mol. The highest BCUT2D eigenvalue weighted by molar-refractivity contribution is 6.20. The predicted octanol–water partition coefficient (Wildman–Crippen LogP) is 4.88. The van der Waals surface area contributed by atoms with Gasteiger partial charge in [0.2, 0.25) is 0 Å². The summed E-state index contributed by atoms with van der Waals surface area (Å²) in [5.41, 5.74) is 0.567. The summed E-state index contributed by atoms with van der Waals surface area (Å²) >= 11 is 6.45. The van der Waals surface area contributed by atoms with E-state index in [0.717, 1.165) is 38.5 Å².